The average Bonchev–Trinajstić information content (AvgIpc) is 3.32. The van der Waals surface area contributed by atoms with E-state index in [1.165, 1.54) is 11.3 Å². The zero-order chi connectivity index (χ0) is 25.2. The minimum absolute atomic E-state index is 0.116. The molecule has 0 aliphatic rings. The molecule has 2 N–H and O–H groups in total. The van der Waals surface area contributed by atoms with Gasteiger partial charge in [-0.1, -0.05) is 60.5 Å². The third-order valence-corrected chi connectivity index (χ3v) is 6.42. The molecule has 8 nitrogen and oxygen atoms in total. The van der Waals surface area contributed by atoms with Crippen molar-refractivity contribution in [3.8, 4) is 10.6 Å². The molecule has 35 heavy (non-hydrogen) atoms. The molecule has 0 aliphatic carbocycles. The van der Waals surface area contributed by atoms with Crippen LogP contribution in [0.25, 0.3) is 10.6 Å². The second-order valence-electron chi connectivity index (χ2n) is 7.64. The SMILES string of the molecule is CCCCc1cccc(C(=O)Nc2nnc(-c3ccc(C(=O)NCCC(=O)OCC)cc3)s2)c1Cl. The summed E-state index contributed by atoms with van der Waals surface area (Å²) >= 11 is 7.68. The van der Waals surface area contributed by atoms with Crippen molar-refractivity contribution in [2.45, 2.75) is 39.5 Å². The van der Waals surface area contributed by atoms with E-state index in [4.69, 9.17) is 16.3 Å². The Morgan fingerprint density at radius 2 is 1.80 bits per heavy atom. The van der Waals surface area contributed by atoms with Crippen molar-refractivity contribution in [3.63, 3.8) is 0 Å². The summed E-state index contributed by atoms with van der Waals surface area (Å²) in [6.45, 7) is 4.35. The summed E-state index contributed by atoms with van der Waals surface area (Å²) in [6, 6.07) is 12.3. The molecular formula is C25H27ClN4O4S. The van der Waals surface area contributed by atoms with Crippen molar-refractivity contribution in [2.24, 2.45) is 0 Å². The molecule has 2 amide bonds. The van der Waals surface area contributed by atoms with Crippen LogP contribution in [0.4, 0.5) is 5.13 Å². The summed E-state index contributed by atoms with van der Waals surface area (Å²) in [4.78, 5) is 36.4. The number of anilines is 1. The summed E-state index contributed by atoms with van der Waals surface area (Å²) in [6.07, 6.45) is 2.98. The molecule has 0 aliphatic heterocycles. The third kappa shape index (κ3) is 7.34. The molecule has 1 heterocycles. The number of hydrogen-bond acceptors (Lipinski definition) is 7. The van der Waals surface area contributed by atoms with Crippen LogP contribution in [0.1, 0.15) is 59.4 Å². The summed E-state index contributed by atoms with van der Waals surface area (Å²) < 4.78 is 4.84. The van der Waals surface area contributed by atoms with Crippen molar-refractivity contribution in [1.82, 2.24) is 15.5 Å². The van der Waals surface area contributed by atoms with Crippen molar-refractivity contribution >= 4 is 45.9 Å². The van der Waals surface area contributed by atoms with Gasteiger partial charge in [-0.15, -0.1) is 10.2 Å². The molecule has 0 spiro atoms. The summed E-state index contributed by atoms with van der Waals surface area (Å²) in [5.74, 6) is -0.983. The minimum Gasteiger partial charge on any atom is -0.466 e. The number of nitrogens with one attached hydrogen (secondary N) is 2. The van der Waals surface area contributed by atoms with Gasteiger partial charge in [-0.2, -0.15) is 0 Å². The number of rotatable bonds is 11. The van der Waals surface area contributed by atoms with Crippen LogP contribution in [0.5, 0.6) is 0 Å². The smallest absolute Gasteiger partial charge is 0.307 e. The van der Waals surface area contributed by atoms with Crippen LogP contribution in [0, 0.1) is 0 Å². The van der Waals surface area contributed by atoms with Crippen molar-refractivity contribution in [1.29, 1.82) is 0 Å². The molecule has 0 saturated heterocycles. The number of carbonyl (C=O) groups excluding carboxylic acids is 3. The molecule has 3 rings (SSSR count). The van der Waals surface area contributed by atoms with Crippen molar-refractivity contribution in [3.05, 3.63) is 64.2 Å². The van der Waals surface area contributed by atoms with Crippen LogP contribution in [-0.4, -0.2) is 41.1 Å². The van der Waals surface area contributed by atoms with E-state index >= 15 is 0 Å². The molecule has 184 valence electrons. The van der Waals surface area contributed by atoms with E-state index in [0.717, 1.165) is 30.4 Å². The number of halogens is 1. The highest BCUT2D eigenvalue weighted by Gasteiger charge is 2.16. The number of carbonyl (C=O) groups is 3. The Hall–Kier alpha value is -3.30. The molecular weight excluding hydrogens is 488 g/mol. The average molecular weight is 515 g/mol. The quantitative estimate of drug-likeness (QED) is 0.343. The minimum atomic E-state index is -0.353. The number of benzene rings is 2. The topological polar surface area (TPSA) is 110 Å². The molecule has 10 heteroatoms. The number of ether oxygens (including phenoxy) is 1. The number of amides is 2. The molecule has 2 aromatic carbocycles. The first-order valence-corrected chi connectivity index (χ1v) is 12.6. The number of nitrogens with zero attached hydrogens (tertiary/aromatic N) is 2. The molecule has 0 unspecified atom stereocenters. The van der Waals surface area contributed by atoms with Gasteiger partial charge in [0.2, 0.25) is 5.13 Å². The van der Waals surface area contributed by atoms with E-state index in [9.17, 15) is 14.4 Å². The van der Waals surface area contributed by atoms with E-state index in [1.807, 2.05) is 12.1 Å². The van der Waals surface area contributed by atoms with Gasteiger partial charge < -0.3 is 10.1 Å². The van der Waals surface area contributed by atoms with Crippen LogP contribution in [0.15, 0.2) is 42.5 Å². The lowest BCUT2D eigenvalue weighted by molar-refractivity contribution is -0.142. The highest BCUT2D eigenvalue weighted by Crippen LogP contribution is 2.28. The van der Waals surface area contributed by atoms with Gasteiger partial charge in [-0.05, 0) is 43.5 Å². The van der Waals surface area contributed by atoms with E-state index < -0.39 is 0 Å². The summed E-state index contributed by atoms with van der Waals surface area (Å²) in [7, 11) is 0. The standard InChI is InChI=1S/C25H27ClN4O4S/c1-3-5-7-16-8-6-9-19(21(16)26)23(33)28-25-30-29-24(35-25)18-12-10-17(11-13-18)22(32)27-15-14-20(31)34-4-2/h6,8-13H,3-5,7,14-15H2,1-2H3,(H,27,32)(H,28,30,33). The molecule has 0 fully saturated rings. The molecule has 0 atom stereocenters. The van der Waals surface area contributed by atoms with E-state index in [0.29, 0.717) is 32.9 Å². The molecule has 0 bridgehead atoms. The molecule has 3 aromatic rings. The van der Waals surface area contributed by atoms with Crippen molar-refractivity contribution < 1.29 is 19.1 Å². The van der Waals surface area contributed by atoms with Crippen LogP contribution in [-0.2, 0) is 16.0 Å². The highest BCUT2D eigenvalue weighted by molar-refractivity contribution is 7.18. The Balaban J connectivity index is 1.60. The zero-order valence-corrected chi connectivity index (χ0v) is 21.2. The number of hydrogen-bond donors (Lipinski definition) is 2. The number of esters is 1. The Kier molecular flexibility index (Phi) is 9.75. The molecule has 0 saturated carbocycles. The largest absolute Gasteiger partial charge is 0.466 e. The lowest BCUT2D eigenvalue weighted by Gasteiger charge is -2.08. The van der Waals surface area contributed by atoms with Crippen molar-refractivity contribution in [2.75, 3.05) is 18.5 Å². The van der Waals surface area contributed by atoms with Gasteiger partial charge in [-0.25, -0.2) is 0 Å². The first-order valence-electron chi connectivity index (χ1n) is 11.4. The molecule has 0 radical (unpaired) electrons. The lowest BCUT2D eigenvalue weighted by Crippen LogP contribution is -2.26. The van der Waals surface area contributed by atoms with Gasteiger partial charge in [0.15, 0.2) is 0 Å². The Bertz CT molecular complexity index is 1180. The fourth-order valence-corrected chi connectivity index (χ4v) is 4.30. The van der Waals surface area contributed by atoms with Gasteiger partial charge in [0, 0.05) is 17.7 Å². The third-order valence-electron chi connectivity index (χ3n) is 5.08. The van der Waals surface area contributed by atoms with Gasteiger partial charge in [0.1, 0.15) is 5.01 Å². The lowest BCUT2D eigenvalue weighted by atomic mass is 10.0. The number of unbranched alkanes of at least 4 members (excludes halogenated alkanes) is 1. The monoisotopic (exact) mass is 514 g/mol. The normalized spacial score (nSPS) is 10.6. The van der Waals surface area contributed by atoms with E-state index in [-0.39, 0.29) is 30.7 Å². The molecule has 1 aromatic heterocycles. The van der Waals surface area contributed by atoms with Crippen LogP contribution in [0.3, 0.4) is 0 Å². The predicted molar refractivity (Wildman–Crippen MR) is 137 cm³/mol. The number of aryl methyl sites for hydroxylation is 1. The van der Waals surface area contributed by atoms with Gasteiger partial charge in [-0.3, -0.25) is 19.7 Å². The maximum atomic E-state index is 12.8. The second kappa shape index (κ2) is 13.0. The van der Waals surface area contributed by atoms with Gasteiger partial charge in [0.25, 0.3) is 11.8 Å². The van der Waals surface area contributed by atoms with Crippen LogP contribution in [0.2, 0.25) is 5.02 Å². The van der Waals surface area contributed by atoms with Gasteiger partial charge in [0.05, 0.1) is 23.6 Å². The zero-order valence-electron chi connectivity index (χ0n) is 19.6. The Morgan fingerprint density at radius 3 is 2.51 bits per heavy atom. The Labute approximate surface area is 213 Å². The predicted octanol–water partition coefficient (Wildman–Crippen LogP) is 5.14. The van der Waals surface area contributed by atoms with Crippen LogP contribution >= 0.6 is 22.9 Å². The maximum absolute atomic E-state index is 12.8. The first kappa shape index (κ1) is 26.3. The van der Waals surface area contributed by atoms with E-state index in [2.05, 4.69) is 27.8 Å². The first-order chi connectivity index (χ1) is 16.9. The Morgan fingerprint density at radius 1 is 1.03 bits per heavy atom. The number of aromatic nitrogens is 2. The summed E-state index contributed by atoms with van der Waals surface area (Å²) in [5.41, 5.74) is 2.55. The van der Waals surface area contributed by atoms with Gasteiger partial charge >= 0.3 is 5.97 Å². The maximum Gasteiger partial charge on any atom is 0.307 e. The summed E-state index contributed by atoms with van der Waals surface area (Å²) in [5, 5.41) is 15.1. The van der Waals surface area contributed by atoms with Crippen LogP contribution < -0.4 is 10.6 Å². The highest BCUT2D eigenvalue weighted by atomic mass is 35.5. The van der Waals surface area contributed by atoms with E-state index in [1.54, 1.807) is 37.3 Å². The fraction of sp³-hybridized carbons (Fsp3) is 0.320. The second-order valence-corrected chi connectivity index (χ2v) is 8.99. The fourth-order valence-electron chi connectivity index (χ4n) is 3.25.